The zero-order chi connectivity index (χ0) is 16.3. The number of hydrogen-bond acceptors (Lipinski definition) is 3. The van der Waals surface area contributed by atoms with Crippen LogP contribution in [0.3, 0.4) is 0 Å². The molecule has 2 rings (SSSR count). The molecule has 0 aromatic heterocycles. The number of fused-ring (bicyclic) bond motifs is 1. The summed E-state index contributed by atoms with van der Waals surface area (Å²) < 4.78 is 0. The van der Waals surface area contributed by atoms with Gasteiger partial charge in [-0.3, -0.25) is 9.59 Å². The van der Waals surface area contributed by atoms with E-state index < -0.39 is 6.04 Å². The van der Waals surface area contributed by atoms with E-state index in [4.69, 9.17) is 5.73 Å². The van der Waals surface area contributed by atoms with Gasteiger partial charge in [-0.15, -0.1) is 0 Å². The lowest BCUT2D eigenvalue weighted by molar-refractivity contribution is -0.126. The van der Waals surface area contributed by atoms with Crippen LogP contribution in [0, 0.1) is 12.8 Å². The third-order valence-electron chi connectivity index (χ3n) is 4.09. The summed E-state index contributed by atoms with van der Waals surface area (Å²) in [5.41, 5.74) is 9.14. The molecule has 1 aromatic rings. The molecule has 1 heterocycles. The third kappa shape index (κ3) is 3.65. The molecule has 0 radical (unpaired) electrons. The summed E-state index contributed by atoms with van der Waals surface area (Å²) in [6.07, 6.45) is 1.94. The molecule has 0 unspecified atom stereocenters. The lowest BCUT2D eigenvalue weighted by Gasteiger charge is -2.30. The van der Waals surface area contributed by atoms with Crippen molar-refractivity contribution in [1.29, 1.82) is 0 Å². The van der Waals surface area contributed by atoms with Crippen molar-refractivity contribution in [3.05, 3.63) is 29.3 Å². The van der Waals surface area contributed by atoms with Crippen LogP contribution in [0.25, 0.3) is 0 Å². The molecule has 5 nitrogen and oxygen atoms in total. The second-order valence-electron chi connectivity index (χ2n) is 6.27. The van der Waals surface area contributed by atoms with Gasteiger partial charge >= 0.3 is 0 Å². The molecule has 2 amide bonds. The Balaban J connectivity index is 2.01. The first kappa shape index (κ1) is 16.5. The number of rotatable bonds is 4. The maximum atomic E-state index is 12.4. The van der Waals surface area contributed by atoms with E-state index in [1.54, 1.807) is 4.90 Å². The van der Waals surface area contributed by atoms with Crippen LogP contribution in [0.4, 0.5) is 5.69 Å². The molecule has 0 saturated carbocycles. The number of amides is 2. The van der Waals surface area contributed by atoms with Crippen molar-refractivity contribution in [1.82, 2.24) is 5.32 Å². The number of nitrogens with zero attached hydrogens (tertiary/aromatic N) is 1. The molecule has 0 fully saturated rings. The van der Waals surface area contributed by atoms with Gasteiger partial charge in [-0.25, -0.2) is 0 Å². The van der Waals surface area contributed by atoms with E-state index >= 15 is 0 Å². The van der Waals surface area contributed by atoms with Crippen LogP contribution in [-0.4, -0.2) is 30.9 Å². The highest BCUT2D eigenvalue weighted by atomic mass is 16.2. The van der Waals surface area contributed by atoms with Gasteiger partial charge in [0.05, 0.1) is 12.6 Å². The Bertz CT molecular complexity index is 569. The number of carbonyl (C=O) groups is 2. The number of hydrogen-bond donors (Lipinski definition) is 2. The van der Waals surface area contributed by atoms with Crippen molar-refractivity contribution < 1.29 is 9.59 Å². The predicted octanol–water partition coefficient (Wildman–Crippen LogP) is 1.37. The highest BCUT2D eigenvalue weighted by Gasteiger charge is 2.24. The lowest BCUT2D eigenvalue weighted by atomic mass is 9.99. The fraction of sp³-hybridized carbons (Fsp3) is 0.529. The zero-order valence-corrected chi connectivity index (χ0v) is 13.6. The molecule has 0 bridgehead atoms. The topological polar surface area (TPSA) is 75.4 Å². The normalized spacial score (nSPS) is 15.4. The number of nitrogens with one attached hydrogen (secondary N) is 1. The molecule has 3 N–H and O–H groups in total. The number of anilines is 1. The number of benzene rings is 1. The molecule has 1 aliphatic heterocycles. The molecule has 120 valence electrons. The van der Waals surface area contributed by atoms with Gasteiger partial charge in [-0.2, -0.15) is 0 Å². The smallest absolute Gasteiger partial charge is 0.246 e. The van der Waals surface area contributed by atoms with Gasteiger partial charge in [0.15, 0.2) is 0 Å². The standard InChI is InChI=1S/C17H25N3O2/c1-11(2)16(18)17(22)19-10-15(21)20-8-4-5-13-9-12(3)6-7-14(13)20/h6-7,9,11,16H,4-5,8,10,18H2,1-3H3,(H,19,22)/t16-/m0/s1. The Morgan fingerprint density at radius 3 is 2.77 bits per heavy atom. The van der Waals surface area contributed by atoms with Crippen LogP contribution in [0.15, 0.2) is 18.2 Å². The minimum absolute atomic E-state index is 0.00737. The van der Waals surface area contributed by atoms with Crippen LogP contribution < -0.4 is 16.0 Å². The summed E-state index contributed by atoms with van der Waals surface area (Å²) in [7, 11) is 0. The summed E-state index contributed by atoms with van der Waals surface area (Å²) in [4.78, 5) is 26.0. The molecule has 1 atom stereocenters. The van der Waals surface area contributed by atoms with Crippen LogP contribution in [0.1, 0.15) is 31.4 Å². The average molecular weight is 303 g/mol. The van der Waals surface area contributed by atoms with Gasteiger partial charge in [0.2, 0.25) is 11.8 Å². The van der Waals surface area contributed by atoms with E-state index in [0.29, 0.717) is 6.54 Å². The molecule has 0 saturated heterocycles. The summed E-state index contributed by atoms with van der Waals surface area (Å²) in [5.74, 6) is -0.313. The van der Waals surface area contributed by atoms with Crippen molar-refractivity contribution in [3.8, 4) is 0 Å². The summed E-state index contributed by atoms with van der Waals surface area (Å²) >= 11 is 0. The Kier molecular flexibility index (Phi) is 5.19. The fourth-order valence-electron chi connectivity index (χ4n) is 2.66. The van der Waals surface area contributed by atoms with Crippen molar-refractivity contribution in [2.24, 2.45) is 11.7 Å². The highest BCUT2D eigenvalue weighted by molar-refractivity contribution is 5.98. The molecular formula is C17H25N3O2. The fourth-order valence-corrected chi connectivity index (χ4v) is 2.66. The number of aryl methyl sites for hydroxylation is 2. The monoisotopic (exact) mass is 303 g/mol. The summed E-state index contributed by atoms with van der Waals surface area (Å²) in [6, 6.07) is 5.55. The lowest BCUT2D eigenvalue weighted by Crippen LogP contribution is -2.48. The van der Waals surface area contributed by atoms with E-state index in [2.05, 4.69) is 18.3 Å². The van der Waals surface area contributed by atoms with Gasteiger partial charge in [-0.1, -0.05) is 31.5 Å². The third-order valence-corrected chi connectivity index (χ3v) is 4.09. The SMILES string of the molecule is Cc1ccc2c(c1)CCCN2C(=O)CNC(=O)[C@@H](N)C(C)C. The molecule has 5 heteroatoms. The van der Waals surface area contributed by atoms with Crippen molar-refractivity contribution in [3.63, 3.8) is 0 Å². The van der Waals surface area contributed by atoms with Crippen molar-refractivity contribution in [2.75, 3.05) is 18.0 Å². The predicted molar refractivity (Wildman–Crippen MR) is 87.7 cm³/mol. The molecule has 1 aromatic carbocycles. The van der Waals surface area contributed by atoms with E-state index in [-0.39, 0.29) is 24.3 Å². The first-order valence-electron chi connectivity index (χ1n) is 7.83. The Morgan fingerprint density at radius 2 is 2.09 bits per heavy atom. The highest BCUT2D eigenvalue weighted by Crippen LogP contribution is 2.27. The van der Waals surface area contributed by atoms with E-state index in [1.807, 2.05) is 26.0 Å². The van der Waals surface area contributed by atoms with Gasteiger partial charge in [0.1, 0.15) is 0 Å². The van der Waals surface area contributed by atoms with Crippen molar-refractivity contribution in [2.45, 2.75) is 39.7 Å². The van der Waals surface area contributed by atoms with Crippen LogP contribution in [0.2, 0.25) is 0 Å². The minimum atomic E-state index is -0.580. The van der Waals surface area contributed by atoms with Crippen molar-refractivity contribution >= 4 is 17.5 Å². The van der Waals surface area contributed by atoms with Gasteiger partial charge in [0, 0.05) is 12.2 Å². The van der Waals surface area contributed by atoms with E-state index in [9.17, 15) is 9.59 Å². The van der Waals surface area contributed by atoms with Crippen LogP contribution >= 0.6 is 0 Å². The van der Waals surface area contributed by atoms with Gasteiger partial charge < -0.3 is 16.0 Å². The Morgan fingerprint density at radius 1 is 1.36 bits per heavy atom. The van der Waals surface area contributed by atoms with E-state index in [1.165, 1.54) is 11.1 Å². The quantitative estimate of drug-likeness (QED) is 0.882. The zero-order valence-electron chi connectivity index (χ0n) is 13.6. The van der Waals surface area contributed by atoms with Crippen LogP contribution in [0.5, 0.6) is 0 Å². The Labute approximate surface area is 131 Å². The maximum absolute atomic E-state index is 12.4. The van der Waals surface area contributed by atoms with E-state index in [0.717, 1.165) is 18.5 Å². The second-order valence-corrected chi connectivity index (χ2v) is 6.27. The van der Waals surface area contributed by atoms with Gasteiger partial charge in [0.25, 0.3) is 0 Å². The first-order valence-corrected chi connectivity index (χ1v) is 7.83. The number of nitrogens with two attached hydrogens (primary N) is 1. The van der Waals surface area contributed by atoms with Crippen LogP contribution in [-0.2, 0) is 16.0 Å². The second kappa shape index (κ2) is 6.92. The summed E-state index contributed by atoms with van der Waals surface area (Å²) in [5, 5.41) is 2.65. The largest absolute Gasteiger partial charge is 0.346 e. The molecule has 0 aliphatic carbocycles. The van der Waals surface area contributed by atoms with Gasteiger partial charge in [-0.05, 0) is 37.3 Å². The Hall–Kier alpha value is -1.88. The maximum Gasteiger partial charge on any atom is 0.246 e. The minimum Gasteiger partial charge on any atom is -0.346 e. The summed E-state index contributed by atoms with van der Waals surface area (Å²) in [6.45, 7) is 6.51. The molecule has 0 spiro atoms. The first-order chi connectivity index (χ1) is 10.4. The average Bonchev–Trinajstić information content (AvgIpc) is 2.50. The molecule has 1 aliphatic rings. The molecular weight excluding hydrogens is 278 g/mol. The number of carbonyl (C=O) groups excluding carboxylic acids is 2. The molecule has 22 heavy (non-hydrogen) atoms.